The standard InChI is InChI=1S/C14H19BN2O/c1-11(18)16(2)13-6-8-17(9-7-13)14-5-3-4-12(15)10-14/h3-5,10,13H,6-9H2,1-2H3. The molecule has 1 heterocycles. The Morgan fingerprint density at radius 3 is 2.61 bits per heavy atom. The highest BCUT2D eigenvalue weighted by Crippen LogP contribution is 2.21. The lowest BCUT2D eigenvalue weighted by atomic mass is 9.95. The minimum absolute atomic E-state index is 0.150. The van der Waals surface area contributed by atoms with Crippen molar-refractivity contribution in [3.8, 4) is 0 Å². The Balaban J connectivity index is 1.96. The lowest BCUT2D eigenvalue weighted by Gasteiger charge is -2.37. The number of anilines is 1. The Hall–Kier alpha value is -1.45. The molecule has 0 spiro atoms. The zero-order chi connectivity index (χ0) is 13.1. The van der Waals surface area contributed by atoms with Crippen molar-refractivity contribution in [3.05, 3.63) is 24.3 Å². The third-order valence-electron chi connectivity index (χ3n) is 3.74. The Labute approximate surface area is 110 Å². The summed E-state index contributed by atoms with van der Waals surface area (Å²) in [5.74, 6) is 0.150. The number of nitrogens with zero attached hydrogens (tertiary/aromatic N) is 2. The van der Waals surface area contributed by atoms with Gasteiger partial charge in [-0.25, -0.2) is 0 Å². The summed E-state index contributed by atoms with van der Waals surface area (Å²) >= 11 is 0. The van der Waals surface area contributed by atoms with Crippen LogP contribution in [0.15, 0.2) is 24.3 Å². The second-order valence-electron chi connectivity index (χ2n) is 4.94. The third-order valence-corrected chi connectivity index (χ3v) is 3.74. The smallest absolute Gasteiger partial charge is 0.219 e. The fourth-order valence-corrected chi connectivity index (χ4v) is 2.49. The van der Waals surface area contributed by atoms with E-state index in [9.17, 15) is 4.79 Å². The van der Waals surface area contributed by atoms with Crippen molar-refractivity contribution in [2.75, 3.05) is 25.0 Å². The van der Waals surface area contributed by atoms with Crippen LogP contribution in [-0.2, 0) is 4.79 Å². The number of hydrogen-bond donors (Lipinski definition) is 0. The maximum atomic E-state index is 11.3. The van der Waals surface area contributed by atoms with Gasteiger partial charge in [-0.15, -0.1) is 0 Å². The third kappa shape index (κ3) is 2.86. The van der Waals surface area contributed by atoms with Crippen LogP contribution in [0.25, 0.3) is 0 Å². The van der Waals surface area contributed by atoms with Gasteiger partial charge in [0.05, 0.1) is 0 Å². The molecule has 1 fully saturated rings. The van der Waals surface area contributed by atoms with Crippen molar-refractivity contribution in [1.82, 2.24) is 4.90 Å². The van der Waals surface area contributed by atoms with Crippen molar-refractivity contribution in [2.24, 2.45) is 0 Å². The molecule has 0 bridgehead atoms. The average molecular weight is 242 g/mol. The van der Waals surface area contributed by atoms with Gasteiger partial charge >= 0.3 is 0 Å². The van der Waals surface area contributed by atoms with Crippen LogP contribution in [0.3, 0.4) is 0 Å². The first kappa shape index (κ1) is 13.0. The van der Waals surface area contributed by atoms with E-state index in [0.717, 1.165) is 31.4 Å². The quantitative estimate of drug-likeness (QED) is 0.720. The van der Waals surface area contributed by atoms with E-state index < -0.39 is 0 Å². The molecule has 1 aliphatic heterocycles. The van der Waals surface area contributed by atoms with Gasteiger partial charge in [-0.1, -0.05) is 17.6 Å². The summed E-state index contributed by atoms with van der Waals surface area (Å²) in [5.41, 5.74) is 1.98. The predicted octanol–water partition coefficient (Wildman–Crippen LogP) is 0.927. The van der Waals surface area contributed by atoms with Crippen LogP contribution in [-0.4, -0.2) is 44.8 Å². The molecule has 0 aromatic heterocycles. The van der Waals surface area contributed by atoms with Crippen LogP contribution in [0.2, 0.25) is 0 Å². The second-order valence-corrected chi connectivity index (χ2v) is 4.94. The Kier molecular flexibility index (Phi) is 3.95. The van der Waals surface area contributed by atoms with Gasteiger partial charge in [-0.2, -0.15) is 0 Å². The molecule has 3 nitrogen and oxygen atoms in total. The number of amides is 1. The van der Waals surface area contributed by atoms with E-state index in [2.05, 4.69) is 11.0 Å². The zero-order valence-corrected chi connectivity index (χ0v) is 11.1. The number of benzene rings is 1. The van der Waals surface area contributed by atoms with Crippen molar-refractivity contribution in [3.63, 3.8) is 0 Å². The Bertz CT molecular complexity index is 428. The van der Waals surface area contributed by atoms with E-state index in [1.807, 2.05) is 30.1 Å². The maximum absolute atomic E-state index is 11.3. The van der Waals surface area contributed by atoms with E-state index in [0.29, 0.717) is 6.04 Å². The molecule has 0 unspecified atom stereocenters. The highest BCUT2D eigenvalue weighted by atomic mass is 16.2. The number of carbonyl (C=O) groups excluding carboxylic acids is 1. The highest BCUT2D eigenvalue weighted by molar-refractivity contribution is 6.32. The second kappa shape index (κ2) is 5.47. The molecule has 0 saturated carbocycles. The number of rotatable bonds is 2. The number of hydrogen-bond acceptors (Lipinski definition) is 2. The minimum Gasteiger partial charge on any atom is -0.371 e. The molecular weight excluding hydrogens is 223 g/mol. The molecule has 4 heteroatoms. The van der Waals surface area contributed by atoms with Gasteiger partial charge < -0.3 is 9.80 Å². The van der Waals surface area contributed by atoms with Gasteiger partial charge in [0.15, 0.2) is 0 Å². The summed E-state index contributed by atoms with van der Waals surface area (Å²) in [7, 11) is 7.69. The molecule has 1 aromatic rings. The normalized spacial score (nSPS) is 16.7. The van der Waals surface area contributed by atoms with Gasteiger partial charge in [0, 0.05) is 38.8 Å². The molecule has 2 radical (unpaired) electrons. The molecule has 0 N–H and O–H groups in total. The summed E-state index contributed by atoms with van der Waals surface area (Å²) < 4.78 is 0. The van der Waals surface area contributed by atoms with Crippen molar-refractivity contribution < 1.29 is 4.79 Å². The SMILES string of the molecule is [B]c1cccc(N2CCC(N(C)C(C)=O)CC2)c1. The Morgan fingerprint density at radius 1 is 1.39 bits per heavy atom. The molecule has 0 aliphatic carbocycles. The molecule has 0 atom stereocenters. The van der Waals surface area contributed by atoms with E-state index >= 15 is 0 Å². The van der Waals surface area contributed by atoms with Crippen LogP contribution >= 0.6 is 0 Å². The first-order chi connectivity index (χ1) is 8.58. The Morgan fingerprint density at radius 2 is 2.06 bits per heavy atom. The van der Waals surface area contributed by atoms with Gasteiger partial charge in [0.1, 0.15) is 7.85 Å². The molecule has 1 amide bonds. The van der Waals surface area contributed by atoms with E-state index in [4.69, 9.17) is 7.85 Å². The first-order valence-corrected chi connectivity index (χ1v) is 6.42. The van der Waals surface area contributed by atoms with Gasteiger partial charge in [0.25, 0.3) is 0 Å². The van der Waals surface area contributed by atoms with Crippen LogP contribution in [0.1, 0.15) is 19.8 Å². The van der Waals surface area contributed by atoms with Gasteiger partial charge in [-0.05, 0) is 25.0 Å². The van der Waals surface area contributed by atoms with Crippen molar-refractivity contribution >= 4 is 24.9 Å². The van der Waals surface area contributed by atoms with E-state index in [-0.39, 0.29) is 5.91 Å². The molecule has 94 valence electrons. The van der Waals surface area contributed by atoms with E-state index in [1.165, 1.54) is 5.69 Å². The zero-order valence-electron chi connectivity index (χ0n) is 11.1. The molecule has 1 aromatic carbocycles. The maximum Gasteiger partial charge on any atom is 0.219 e. The average Bonchev–Trinajstić information content (AvgIpc) is 2.38. The van der Waals surface area contributed by atoms with Crippen molar-refractivity contribution in [2.45, 2.75) is 25.8 Å². The fraction of sp³-hybridized carbons (Fsp3) is 0.500. The van der Waals surface area contributed by atoms with Crippen LogP contribution < -0.4 is 10.4 Å². The molecule has 2 rings (SSSR count). The minimum atomic E-state index is 0.150. The molecule has 1 saturated heterocycles. The topological polar surface area (TPSA) is 23.6 Å². The number of piperidine rings is 1. The molecular formula is C14H19BN2O. The van der Waals surface area contributed by atoms with Crippen molar-refractivity contribution in [1.29, 1.82) is 0 Å². The summed E-state index contributed by atoms with van der Waals surface area (Å²) in [6.07, 6.45) is 2.04. The van der Waals surface area contributed by atoms with Crippen LogP contribution in [0, 0.1) is 0 Å². The van der Waals surface area contributed by atoms with Crippen LogP contribution in [0.5, 0.6) is 0 Å². The lowest BCUT2D eigenvalue weighted by Crippen LogP contribution is -2.45. The summed E-state index contributed by atoms with van der Waals surface area (Å²) in [6.45, 7) is 3.59. The van der Waals surface area contributed by atoms with Crippen LogP contribution in [0.4, 0.5) is 5.69 Å². The van der Waals surface area contributed by atoms with E-state index in [1.54, 1.807) is 6.92 Å². The lowest BCUT2D eigenvalue weighted by molar-refractivity contribution is -0.129. The molecule has 18 heavy (non-hydrogen) atoms. The summed E-state index contributed by atoms with van der Waals surface area (Å²) in [6, 6.07) is 8.36. The fourth-order valence-electron chi connectivity index (χ4n) is 2.49. The first-order valence-electron chi connectivity index (χ1n) is 6.42. The van der Waals surface area contributed by atoms with Gasteiger partial charge in [-0.3, -0.25) is 4.79 Å². The number of carbonyl (C=O) groups is 1. The summed E-state index contributed by atoms with van der Waals surface area (Å²) in [4.78, 5) is 15.5. The monoisotopic (exact) mass is 242 g/mol. The van der Waals surface area contributed by atoms with Gasteiger partial charge in [0.2, 0.25) is 5.91 Å². The highest BCUT2D eigenvalue weighted by Gasteiger charge is 2.23. The largest absolute Gasteiger partial charge is 0.371 e. The molecule has 1 aliphatic rings. The summed E-state index contributed by atoms with van der Waals surface area (Å²) in [5, 5.41) is 0. The predicted molar refractivity (Wildman–Crippen MR) is 75.5 cm³/mol.